The molecule has 3 amide bonds. The second kappa shape index (κ2) is 9.77. The van der Waals surface area contributed by atoms with Gasteiger partial charge >= 0.3 is 12.4 Å². The number of nitrogens with one attached hydrogen (secondary N) is 1. The van der Waals surface area contributed by atoms with Crippen molar-refractivity contribution < 1.29 is 32.2 Å². The van der Waals surface area contributed by atoms with Gasteiger partial charge in [-0.3, -0.25) is 14.6 Å². The van der Waals surface area contributed by atoms with E-state index in [2.05, 4.69) is 15.0 Å². The summed E-state index contributed by atoms with van der Waals surface area (Å²) < 4.78 is 46.4. The Bertz CT molecular complexity index is 1070. The number of likely N-dealkylation sites (N-methyl/N-ethyl adjacent to an activating group) is 1. The zero-order valence-corrected chi connectivity index (χ0v) is 19.6. The van der Waals surface area contributed by atoms with E-state index in [1.54, 1.807) is 19.2 Å². The van der Waals surface area contributed by atoms with Crippen molar-refractivity contribution in [2.45, 2.75) is 37.7 Å². The van der Waals surface area contributed by atoms with Crippen molar-refractivity contribution in [3.63, 3.8) is 0 Å². The number of ether oxygens (including phenoxy) is 2. The molecular formula is C25H28F3N3O4. The van der Waals surface area contributed by atoms with E-state index in [9.17, 15) is 22.8 Å². The minimum Gasteiger partial charge on any atom is -0.497 e. The quantitative estimate of drug-likeness (QED) is 0.594. The summed E-state index contributed by atoms with van der Waals surface area (Å²) in [6, 6.07) is 12.9. The number of methoxy groups -OCH3 is 1. The Hall–Kier alpha value is -3.27. The first-order valence-corrected chi connectivity index (χ1v) is 11.4. The molecule has 2 aromatic rings. The second-order valence-corrected chi connectivity index (χ2v) is 9.04. The first kappa shape index (κ1) is 24.8. The van der Waals surface area contributed by atoms with Crippen molar-refractivity contribution >= 4 is 11.9 Å². The molecule has 1 unspecified atom stereocenters. The summed E-state index contributed by atoms with van der Waals surface area (Å²) >= 11 is 0. The van der Waals surface area contributed by atoms with Gasteiger partial charge < -0.3 is 14.8 Å². The molecule has 2 aromatic carbocycles. The van der Waals surface area contributed by atoms with Crippen LogP contribution in [0.3, 0.4) is 0 Å². The standard InChI is InChI=1S/C25H28F3N3O4/c1-30-22(32)24(29-23(30)33,15-18-4-3-5-21(14-18)34-2)19-10-12-31(13-11-19)16-17-6-8-20(9-7-17)35-25(26,27)28/h3-9,14,19H,10-13,15-16H2,1-2H3,(H,29,33). The van der Waals surface area contributed by atoms with Gasteiger partial charge in [-0.25, -0.2) is 4.79 Å². The van der Waals surface area contributed by atoms with E-state index in [0.717, 1.165) is 16.0 Å². The number of urea groups is 1. The summed E-state index contributed by atoms with van der Waals surface area (Å²) in [7, 11) is 3.07. The Labute approximate surface area is 201 Å². The number of halogens is 3. The lowest BCUT2D eigenvalue weighted by Gasteiger charge is -2.41. The predicted octanol–water partition coefficient (Wildman–Crippen LogP) is 3.97. The van der Waals surface area contributed by atoms with Crippen LogP contribution in [0.15, 0.2) is 48.5 Å². The summed E-state index contributed by atoms with van der Waals surface area (Å²) in [4.78, 5) is 29.1. The number of carbonyl (C=O) groups excluding carboxylic acids is 2. The fraction of sp³-hybridized carbons (Fsp3) is 0.440. The van der Waals surface area contributed by atoms with Crippen molar-refractivity contribution in [2.75, 3.05) is 27.2 Å². The van der Waals surface area contributed by atoms with E-state index in [1.807, 2.05) is 24.3 Å². The third-order valence-corrected chi connectivity index (χ3v) is 6.79. The highest BCUT2D eigenvalue weighted by molar-refractivity contribution is 6.07. The molecule has 10 heteroatoms. The molecule has 0 radical (unpaired) electrons. The van der Waals surface area contributed by atoms with E-state index < -0.39 is 17.9 Å². The van der Waals surface area contributed by atoms with Gasteiger partial charge in [-0.05, 0) is 67.2 Å². The van der Waals surface area contributed by atoms with Crippen LogP contribution in [0.4, 0.5) is 18.0 Å². The average molecular weight is 492 g/mol. The van der Waals surface area contributed by atoms with Gasteiger partial charge in [-0.2, -0.15) is 0 Å². The van der Waals surface area contributed by atoms with Crippen molar-refractivity contribution in [3.8, 4) is 11.5 Å². The summed E-state index contributed by atoms with van der Waals surface area (Å²) in [5, 5.41) is 2.98. The molecule has 2 heterocycles. The Morgan fingerprint density at radius 3 is 2.29 bits per heavy atom. The molecule has 0 bridgehead atoms. The molecule has 188 valence electrons. The molecule has 2 saturated heterocycles. The topological polar surface area (TPSA) is 71.1 Å². The van der Waals surface area contributed by atoms with Crippen LogP contribution < -0.4 is 14.8 Å². The maximum Gasteiger partial charge on any atom is 0.573 e. The molecule has 4 rings (SSSR count). The molecule has 0 aliphatic carbocycles. The molecule has 1 N–H and O–H groups in total. The molecule has 7 nitrogen and oxygen atoms in total. The number of hydrogen-bond donors (Lipinski definition) is 1. The number of benzene rings is 2. The van der Waals surface area contributed by atoms with Crippen LogP contribution in [0.25, 0.3) is 0 Å². The lowest BCUT2D eigenvalue weighted by atomic mass is 9.74. The summed E-state index contributed by atoms with van der Waals surface area (Å²) in [5.41, 5.74) is 0.742. The molecule has 0 saturated carbocycles. The number of alkyl halides is 3. The lowest BCUT2D eigenvalue weighted by molar-refractivity contribution is -0.274. The maximum absolute atomic E-state index is 13.3. The number of likely N-dealkylation sites (tertiary alicyclic amines) is 1. The van der Waals surface area contributed by atoms with Gasteiger partial charge in [-0.1, -0.05) is 24.3 Å². The third-order valence-electron chi connectivity index (χ3n) is 6.79. The number of hydrogen-bond acceptors (Lipinski definition) is 5. The Morgan fingerprint density at radius 1 is 1.03 bits per heavy atom. The van der Waals surface area contributed by atoms with Crippen molar-refractivity contribution in [1.29, 1.82) is 0 Å². The molecule has 2 fully saturated rings. The van der Waals surface area contributed by atoms with Gasteiger partial charge in [0.05, 0.1) is 7.11 Å². The van der Waals surface area contributed by atoms with E-state index in [0.29, 0.717) is 44.6 Å². The SMILES string of the molecule is COc1cccc(CC2(C3CCN(Cc4ccc(OC(F)(F)F)cc4)CC3)NC(=O)N(C)C2=O)c1. The largest absolute Gasteiger partial charge is 0.573 e. The number of amides is 3. The maximum atomic E-state index is 13.3. The Kier molecular flexibility index (Phi) is 6.93. The fourth-order valence-corrected chi connectivity index (χ4v) is 5.00. The molecule has 1 atom stereocenters. The molecule has 0 spiro atoms. The van der Waals surface area contributed by atoms with E-state index >= 15 is 0 Å². The minimum atomic E-state index is -4.72. The Balaban J connectivity index is 1.44. The van der Waals surface area contributed by atoms with Crippen LogP contribution in [0.1, 0.15) is 24.0 Å². The average Bonchev–Trinajstić information content (AvgIpc) is 3.04. The van der Waals surface area contributed by atoms with E-state index in [4.69, 9.17) is 4.74 Å². The van der Waals surface area contributed by atoms with Crippen molar-refractivity contribution in [2.24, 2.45) is 5.92 Å². The van der Waals surface area contributed by atoms with E-state index in [-0.39, 0.29) is 17.6 Å². The molecule has 2 aliphatic rings. The fourth-order valence-electron chi connectivity index (χ4n) is 5.00. The van der Waals surface area contributed by atoms with Crippen molar-refractivity contribution in [1.82, 2.24) is 15.1 Å². The zero-order valence-electron chi connectivity index (χ0n) is 19.6. The van der Waals surface area contributed by atoms with Crippen LogP contribution in [0, 0.1) is 5.92 Å². The normalized spacial score (nSPS) is 21.8. The van der Waals surface area contributed by atoms with Gasteiger partial charge in [0, 0.05) is 20.0 Å². The van der Waals surface area contributed by atoms with Crippen molar-refractivity contribution in [3.05, 3.63) is 59.7 Å². The monoisotopic (exact) mass is 491 g/mol. The molecule has 0 aromatic heterocycles. The van der Waals surface area contributed by atoms with Gasteiger partial charge in [-0.15, -0.1) is 13.2 Å². The molecule has 2 aliphatic heterocycles. The van der Waals surface area contributed by atoms with Gasteiger partial charge in [0.15, 0.2) is 0 Å². The lowest BCUT2D eigenvalue weighted by Crippen LogP contribution is -2.57. The van der Waals surface area contributed by atoms with E-state index in [1.165, 1.54) is 19.2 Å². The van der Waals surface area contributed by atoms with Crippen LogP contribution in [0.5, 0.6) is 11.5 Å². The number of imide groups is 1. The van der Waals surface area contributed by atoms with Crippen LogP contribution in [-0.4, -0.2) is 60.9 Å². The van der Waals surface area contributed by atoms with Crippen LogP contribution in [-0.2, 0) is 17.8 Å². The summed E-state index contributed by atoms with van der Waals surface area (Å²) in [6.45, 7) is 1.96. The number of piperidine rings is 1. The van der Waals surface area contributed by atoms with Gasteiger partial charge in [0.25, 0.3) is 5.91 Å². The minimum absolute atomic E-state index is 0.0612. The number of carbonyl (C=O) groups is 2. The first-order chi connectivity index (χ1) is 16.6. The highest BCUT2D eigenvalue weighted by atomic mass is 19.4. The smallest absolute Gasteiger partial charge is 0.497 e. The second-order valence-electron chi connectivity index (χ2n) is 9.04. The molecule has 35 heavy (non-hydrogen) atoms. The first-order valence-electron chi connectivity index (χ1n) is 11.4. The summed E-state index contributed by atoms with van der Waals surface area (Å²) in [5.74, 6) is 0.140. The summed E-state index contributed by atoms with van der Waals surface area (Å²) in [6.07, 6.45) is -2.96. The third kappa shape index (κ3) is 5.53. The number of nitrogens with zero attached hydrogens (tertiary/aromatic N) is 2. The highest BCUT2D eigenvalue weighted by Gasteiger charge is 2.54. The van der Waals surface area contributed by atoms with Gasteiger partial charge in [0.1, 0.15) is 17.0 Å². The van der Waals surface area contributed by atoms with Crippen LogP contribution in [0.2, 0.25) is 0 Å². The van der Waals surface area contributed by atoms with Crippen LogP contribution >= 0.6 is 0 Å². The highest BCUT2D eigenvalue weighted by Crippen LogP contribution is 2.37. The predicted molar refractivity (Wildman–Crippen MR) is 122 cm³/mol. The number of rotatable bonds is 7. The zero-order chi connectivity index (χ0) is 25.2. The Morgan fingerprint density at radius 2 is 1.71 bits per heavy atom. The van der Waals surface area contributed by atoms with Gasteiger partial charge in [0.2, 0.25) is 0 Å². The molecular weight excluding hydrogens is 463 g/mol.